The van der Waals surface area contributed by atoms with Crippen molar-refractivity contribution in [3.05, 3.63) is 12.0 Å². The Morgan fingerprint density at radius 1 is 1.52 bits per heavy atom. The van der Waals surface area contributed by atoms with Crippen molar-refractivity contribution in [3.8, 4) is 0 Å². The third kappa shape index (κ3) is 4.42. The zero-order valence-electron chi connectivity index (χ0n) is 12.8. The minimum atomic E-state index is -3.52. The highest BCUT2D eigenvalue weighted by Gasteiger charge is 2.29. The van der Waals surface area contributed by atoms with Gasteiger partial charge in [-0.05, 0) is 38.6 Å². The van der Waals surface area contributed by atoms with Gasteiger partial charge < -0.3 is 9.88 Å². The van der Waals surface area contributed by atoms with Crippen LogP contribution in [0.1, 0.15) is 32.5 Å². The summed E-state index contributed by atoms with van der Waals surface area (Å²) in [5.74, 6) is 0.721. The first-order valence-electron chi connectivity index (χ1n) is 7.10. The van der Waals surface area contributed by atoms with Crippen molar-refractivity contribution < 1.29 is 8.42 Å². The van der Waals surface area contributed by atoms with Crippen LogP contribution in [0.3, 0.4) is 0 Å². The number of sulfonamides is 1. The molecule has 0 spiro atoms. The van der Waals surface area contributed by atoms with Crippen LogP contribution in [0.2, 0.25) is 0 Å². The van der Waals surface area contributed by atoms with Gasteiger partial charge >= 0.3 is 0 Å². The summed E-state index contributed by atoms with van der Waals surface area (Å²) in [7, 11) is -3.52. The number of aromatic nitrogens is 2. The Morgan fingerprint density at radius 3 is 2.76 bits per heavy atom. The van der Waals surface area contributed by atoms with E-state index in [0.717, 1.165) is 38.3 Å². The first-order chi connectivity index (χ1) is 9.36. The van der Waals surface area contributed by atoms with Gasteiger partial charge in [0.1, 0.15) is 5.82 Å². The van der Waals surface area contributed by atoms with E-state index in [2.05, 4.69) is 21.9 Å². The van der Waals surface area contributed by atoms with Crippen molar-refractivity contribution in [3.63, 3.8) is 0 Å². The number of piperidine rings is 1. The zero-order chi connectivity index (χ0) is 14.8. The van der Waals surface area contributed by atoms with Crippen molar-refractivity contribution in [1.82, 2.24) is 19.6 Å². The molecule has 1 aromatic heterocycles. The molecule has 0 aromatic carbocycles. The van der Waals surface area contributed by atoms with Gasteiger partial charge in [0.25, 0.3) is 10.0 Å². The maximum atomic E-state index is 12.3. The molecule has 8 heteroatoms. The van der Waals surface area contributed by atoms with Crippen molar-refractivity contribution in [2.45, 2.75) is 45.2 Å². The number of hydrogen-bond acceptors (Lipinski definition) is 4. The van der Waals surface area contributed by atoms with E-state index in [0.29, 0.717) is 6.54 Å². The zero-order valence-corrected chi connectivity index (χ0v) is 14.5. The molecule has 1 aliphatic heterocycles. The van der Waals surface area contributed by atoms with Crippen LogP contribution < -0.4 is 10.0 Å². The lowest BCUT2D eigenvalue weighted by Gasteiger charge is -2.34. The third-order valence-corrected chi connectivity index (χ3v) is 5.22. The Bertz CT molecular complexity index is 565. The molecule has 21 heavy (non-hydrogen) atoms. The number of nitrogens with zero attached hydrogens (tertiary/aromatic N) is 2. The predicted octanol–water partition coefficient (Wildman–Crippen LogP) is 1.30. The van der Waals surface area contributed by atoms with Gasteiger partial charge in [0, 0.05) is 25.8 Å². The lowest BCUT2D eigenvalue weighted by atomic mass is 9.83. The molecule has 1 aliphatic rings. The molecule has 0 amide bonds. The molecule has 0 aliphatic carbocycles. The Labute approximate surface area is 133 Å². The van der Waals surface area contributed by atoms with Crippen LogP contribution in [0.25, 0.3) is 0 Å². The molecule has 1 atom stereocenters. The molecule has 6 nitrogen and oxygen atoms in total. The maximum absolute atomic E-state index is 12.3. The van der Waals surface area contributed by atoms with Crippen LogP contribution in [0.5, 0.6) is 0 Å². The van der Waals surface area contributed by atoms with Gasteiger partial charge in [-0.2, -0.15) is 0 Å². The first-order valence-corrected chi connectivity index (χ1v) is 8.59. The number of halogens is 1. The van der Waals surface area contributed by atoms with E-state index < -0.39 is 10.0 Å². The summed E-state index contributed by atoms with van der Waals surface area (Å²) in [6.07, 6.45) is 3.71. The largest absolute Gasteiger partial charge is 0.334 e. The number of rotatable bonds is 5. The number of imidazole rings is 1. The number of hydrogen-bond donors (Lipinski definition) is 2. The minimum absolute atomic E-state index is 0. The van der Waals surface area contributed by atoms with Crippen LogP contribution in [-0.2, 0) is 16.6 Å². The number of aryl methyl sites for hydroxylation is 2. The van der Waals surface area contributed by atoms with Crippen LogP contribution >= 0.6 is 12.4 Å². The highest BCUT2D eigenvalue weighted by Crippen LogP contribution is 2.24. The van der Waals surface area contributed by atoms with Crippen molar-refractivity contribution in [1.29, 1.82) is 0 Å². The summed E-state index contributed by atoms with van der Waals surface area (Å²) in [6, 6.07) is 0. The van der Waals surface area contributed by atoms with Gasteiger partial charge in [-0.3, -0.25) is 0 Å². The fourth-order valence-corrected chi connectivity index (χ4v) is 3.75. The second-order valence-corrected chi connectivity index (χ2v) is 7.54. The molecule has 0 saturated carbocycles. The lowest BCUT2D eigenvalue weighted by Crippen LogP contribution is -2.45. The Balaban J connectivity index is 0.00000220. The Morgan fingerprint density at radius 2 is 2.24 bits per heavy atom. The molecule has 1 aromatic rings. The second-order valence-electron chi connectivity index (χ2n) is 5.83. The molecule has 2 heterocycles. The predicted molar refractivity (Wildman–Crippen MR) is 85.3 cm³/mol. The smallest absolute Gasteiger partial charge is 0.259 e. The van der Waals surface area contributed by atoms with Gasteiger partial charge in [-0.25, -0.2) is 18.1 Å². The minimum Gasteiger partial charge on any atom is -0.334 e. The molecule has 1 fully saturated rings. The van der Waals surface area contributed by atoms with Crippen molar-refractivity contribution in [2.75, 3.05) is 19.6 Å². The first kappa shape index (κ1) is 18.4. The SMILES string of the molecule is CCn1cc(S(=O)(=O)NCC2(C)CCCNC2)nc1C.Cl. The molecule has 1 saturated heterocycles. The van der Waals surface area contributed by atoms with Gasteiger partial charge in [-0.1, -0.05) is 6.92 Å². The van der Waals surface area contributed by atoms with E-state index in [4.69, 9.17) is 0 Å². The fourth-order valence-electron chi connectivity index (χ4n) is 2.54. The molecule has 2 rings (SSSR count). The van der Waals surface area contributed by atoms with Crippen molar-refractivity contribution >= 4 is 22.4 Å². The average molecular weight is 337 g/mol. The normalized spacial score (nSPS) is 22.8. The topological polar surface area (TPSA) is 76.0 Å². The van der Waals surface area contributed by atoms with Crippen LogP contribution in [-0.4, -0.2) is 37.6 Å². The Kier molecular flexibility index (Phi) is 6.22. The van der Waals surface area contributed by atoms with E-state index in [-0.39, 0.29) is 22.8 Å². The monoisotopic (exact) mass is 336 g/mol. The molecule has 1 unspecified atom stereocenters. The summed E-state index contributed by atoms with van der Waals surface area (Å²) in [6.45, 7) is 8.91. The summed E-state index contributed by atoms with van der Waals surface area (Å²) < 4.78 is 29.1. The van der Waals surface area contributed by atoms with E-state index in [1.54, 1.807) is 6.20 Å². The van der Waals surface area contributed by atoms with E-state index in [9.17, 15) is 8.42 Å². The highest BCUT2D eigenvalue weighted by atomic mass is 35.5. The molecular formula is C13H25ClN4O2S. The van der Waals surface area contributed by atoms with Crippen LogP contribution in [0.4, 0.5) is 0 Å². The summed E-state index contributed by atoms with van der Waals surface area (Å²) in [5, 5.41) is 3.43. The fraction of sp³-hybridized carbons (Fsp3) is 0.769. The van der Waals surface area contributed by atoms with Gasteiger partial charge in [-0.15, -0.1) is 12.4 Å². The van der Waals surface area contributed by atoms with E-state index >= 15 is 0 Å². The Hall–Kier alpha value is -0.630. The van der Waals surface area contributed by atoms with Gasteiger partial charge in [0.05, 0.1) is 0 Å². The van der Waals surface area contributed by atoms with E-state index in [1.807, 2.05) is 18.4 Å². The van der Waals surface area contributed by atoms with Gasteiger partial charge in [0.2, 0.25) is 0 Å². The molecule has 2 N–H and O–H groups in total. The van der Waals surface area contributed by atoms with Gasteiger partial charge in [0.15, 0.2) is 5.03 Å². The number of nitrogens with one attached hydrogen (secondary N) is 2. The molecule has 0 radical (unpaired) electrons. The van der Waals surface area contributed by atoms with Crippen LogP contribution in [0, 0.1) is 12.3 Å². The second kappa shape index (κ2) is 7.09. The summed E-state index contributed by atoms with van der Waals surface area (Å²) in [5.41, 5.74) is -0.0202. The third-order valence-electron chi connectivity index (χ3n) is 3.94. The molecule has 0 bridgehead atoms. The molecular weight excluding hydrogens is 312 g/mol. The van der Waals surface area contributed by atoms with Crippen molar-refractivity contribution in [2.24, 2.45) is 5.41 Å². The van der Waals surface area contributed by atoms with Crippen LogP contribution in [0.15, 0.2) is 11.2 Å². The average Bonchev–Trinajstić information content (AvgIpc) is 2.80. The lowest BCUT2D eigenvalue weighted by molar-refractivity contribution is 0.238. The van der Waals surface area contributed by atoms with E-state index in [1.165, 1.54) is 0 Å². The highest BCUT2D eigenvalue weighted by molar-refractivity contribution is 7.89. The maximum Gasteiger partial charge on any atom is 0.259 e. The quantitative estimate of drug-likeness (QED) is 0.849. The summed E-state index contributed by atoms with van der Waals surface area (Å²) >= 11 is 0. The summed E-state index contributed by atoms with van der Waals surface area (Å²) in [4.78, 5) is 4.14. The standard InChI is InChI=1S/C13H24N4O2S.ClH/c1-4-17-8-12(16-11(17)2)20(18,19)15-10-13(3)6-5-7-14-9-13;/h8,14-15H,4-7,9-10H2,1-3H3;1H. The molecule has 122 valence electrons.